The van der Waals surface area contributed by atoms with Gasteiger partial charge in [0.15, 0.2) is 9.84 Å². The Morgan fingerprint density at radius 3 is 2.34 bits per heavy atom. The fourth-order valence-electron chi connectivity index (χ4n) is 4.19. The van der Waals surface area contributed by atoms with Gasteiger partial charge in [-0.25, -0.2) is 8.42 Å². The van der Waals surface area contributed by atoms with Crippen molar-refractivity contribution in [3.8, 4) is 5.75 Å². The van der Waals surface area contributed by atoms with E-state index in [-0.39, 0.29) is 23.5 Å². The van der Waals surface area contributed by atoms with Crippen LogP contribution in [0.25, 0.3) is 0 Å². The van der Waals surface area contributed by atoms with E-state index in [1.165, 1.54) is 5.56 Å². The number of piperazine rings is 1. The molecule has 0 radical (unpaired) electrons. The lowest BCUT2D eigenvalue weighted by Gasteiger charge is -2.36. The Labute approximate surface area is 174 Å². The minimum Gasteiger partial charge on any atom is -0.497 e. The molecule has 0 bridgehead atoms. The van der Waals surface area contributed by atoms with E-state index in [1.54, 1.807) is 12.0 Å². The van der Waals surface area contributed by atoms with E-state index in [0.717, 1.165) is 44.9 Å². The number of amides is 1. The number of sulfone groups is 1. The zero-order valence-corrected chi connectivity index (χ0v) is 18.4. The lowest BCUT2D eigenvalue weighted by molar-refractivity contribution is -0.134. The summed E-state index contributed by atoms with van der Waals surface area (Å²) >= 11 is 0. The van der Waals surface area contributed by atoms with Gasteiger partial charge < -0.3 is 14.5 Å². The van der Waals surface area contributed by atoms with Gasteiger partial charge in [-0.05, 0) is 37.5 Å². The molecule has 29 heavy (non-hydrogen) atoms. The third-order valence-corrected chi connectivity index (χ3v) is 7.76. The minimum absolute atomic E-state index is 0.0567. The highest BCUT2D eigenvalue weighted by atomic mass is 32.2. The molecule has 2 fully saturated rings. The fraction of sp³-hybridized carbons (Fsp3) is 0.667. The molecule has 7 nitrogen and oxygen atoms in total. The molecule has 2 heterocycles. The Morgan fingerprint density at radius 2 is 1.79 bits per heavy atom. The van der Waals surface area contributed by atoms with Crippen molar-refractivity contribution in [1.82, 2.24) is 14.7 Å². The first-order valence-electron chi connectivity index (χ1n) is 10.5. The molecule has 1 aromatic carbocycles. The van der Waals surface area contributed by atoms with Crippen LogP contribution in [0, 0.1) is 0 Å². The molecule has 2 aliphatic rings. The molecular weight excluding hydrogens is 390 g/mol. The first kappa shape index (κ1) is 22.1. The van der Waals surface area contributed by atoms with Crippen LogP contribution in [0.3, 0.4) is 0 Å². The Balaban J connectivity index is 1.41. The Morgan fingerprint density at radius 1 is 1.14 bits per heavy atom. The number of carbonyl (C=O) groups is 1. The molecule has 162 valence electrons. The Bertz CT molecular complexity index is 774. The topological polar surface area (TPSA) is 70.2 Å². The summed E-state index contributed by atoms with van der Waals surface area (Å²) in [6, 6.07) is 8.05. The number of hydrogen-bond donors (Lipinski definition) is 0. The molecule has 1 atom stereocenters. The lowest BCUT2D eigenvalue weighted by Crippen LogP contribution is -2.52. The number of ether oxygens (including phenoxy) is 1. The van der Waals surface area contributed by atoms with Gasteiger partial charge >= 0.3 is 0 Å². The molecule has 2 saturated heterocycles. The lowest BCUT2D eigenvalue weighted by atomic mass is 10.1. The van der Waals surface area contributed by atoms with Crippen molar-refractivity contribution in [2.45, 2.75) is 25.8 Å². The quantitative estimate of drug-likeness (QED) is 0.619. The Hall–Kier alpha value is -1.64. The van der Waals surface area contributed by atoms with Crippen LogP contribution in [0.4, 0.5) is 0 Å². The van der Waals surface area contributed by atoms with Gasteiger partial charge in [-0.3, -0.25) is 9.69 Å². The highest BCUT2D eigenvalue weighted by Crippen LogP contribution is 2.18. The summed E-state index contributed by atoms with van der Waals surface area (Å²) in [6.07, 6.45) is 1.57. The molecule has 2 aliphatic heterocycles. The van der Waals surface area contributed by atoms with Gasteiger partial charge in [0.2, 0.25) is 5.91 Å². The second-order valence-electron chi connectivity index (χ2n) is 7.95. The zero-order valence-electron chi connectivity index (χ0n) is 17.5. The van der Waals surface area contributed by atoms with Crippen LogP contribution in [0.2, 0.25) is 0 Å². The highest BCUT2D eigenvalue weighted by molar-refractivity contribution is 7.91. The van der Waals surface area contributed by atoms with Crippen LogP contribution < -0.4 is 4.74 Å². The van der Waals surface area contributed by atoms with Gasteiger partial charge in [0.05, 0.1) is 25.2 Å². The highest BCUT2D eigenvalue weighted by Gasteiger charge is 2.34. The second-order valence-corrected chi connectivity index (χ2v) is 10.2. The number of benzene rings is 1. The molecule has 1 aromatic rings. The van der Waals surface area contributed by atoms with Gasteiger partial charge in [-0.2, -0.15) is 0 Å². The Kier molecular flexibility index (Phi) is 7.54. The molecule has 0 aromatic heterocycles. The maximum Gasteiger partial charge on any atom is 0.237 e. The molecular formula is C21H33N3O4S. The van der Waals surface area contributed by atoms with Gasteiger partial charge in [-0.1, -0.05) is 12.1 Å². The summed E-state index contributed by atoms with van der Waals surface area (Å²) in [5.74, 6) is 1.25. The second kappa shape index (κ2) is 9.91. The van der Waals surface area contributed by atoms with Crippen molar-refractivity contribution in [2.75, 3.05) is 64.4 Å². The number of hydrogen-bond acceptors (Lipinski definition) is 6. The number of nitrogens with zero attached hydrogens (tertiary/aromatic N) is 3. The molecule has 8 heteroatoms. The van der Waals surface area contributed by atoms with Gasteiger partial charge in [0.25, 0.3) is 0 Å². The van der Waals surface area contributed by atoms with E-state index in [4.69, 9.17) is 4.74 Å². The summed E-state index contributed by atoms with van der Waals surface area (Å²) in [6.45, 7) is 7.54. The SMILES string of the molecule is CCN(C(=O)CN1CCN(CCc2ccc(OC)cc2)CC1)C1CCS(=O)(=O)C1. The third-order valence-electron chi connectivity index (χ3n) is 6.01. The third kappa shape index (κ3) is 6.17. The largest absolute Gasteiger partial charge is 0.497 e. The van der Waals surface area contributed by atoms with Crippen molar-refractivity contribution in [3.63, 3.8) is 0 Å². The molecule has 1 unspecified atom stereocenters. The monoisotopic (exact) mass is 423 g/mol. The molecule has 0 spiro atoms. The van der Waals surface area contributed by atoms with E-state index in [0.29, 0.717) is 19.5 Å². The van der Waals surface area contributed by atoms with Crippen LogP contribution in [-0.4, -0.2) is 99.5 Å². The number of carbonyl (C=O) groups excluding carboxylic acids is 1. The van der Waals surface area contributed by atoms with E-state index >= 15 is 0 Å². The summed E-state index contributed by atoms with van der Waals surface area (Å²) in [4.78, 5) is 19.1. The van der Waals surface area contributed by atoms with Gasteiger partial charge in [-0.15, -0.1) is 0 Å². The predicted octanol–water partition coefficient (Wildman–Crippen LogP) is 0.891. The van der Waals surface area contributed by atoms with Crippen molar-refractivity contribution in [3.05, 3.63) is 29.8 Å². The van der Waals surface area contributed by atoms with Crippen LogP contribution in [0.15, 0.2) is 24.3 Å². The maximum absolute atomic E-state index is 12.8. The first-order chi connectivity index (χ1) is 13.9. The van der Waals surface area contributed by atoms with Crippen molar-refractivity contribution >= 4 is 15.7 Å². The first-order valence-corrected chi connectivity index (χ1v) is 12.3. The predicted molar refractivity (Wildman–Crippen MR) is 114 cm³/mol. The number of methoxy groups -OCH3 is 1. The smallest absolute Gasteiger partial charge is 0.237 e. The average molecular weight is 424 g/mol. The van der Waals surface area contributed by atoms with Crippen LogP contribution in [0.5, 0.6) is 5.75 Å². The summed E-state index contributed by atoms with van der Waals surface area (Å²) in [5, 5.41) is 0. The molecule has 0 aliphatic carbocycles. The van der Waals surface area contributed by atoms with Crippen LogP contribution >= 0.6 is 0 Å². The van der Waals surface area contributed by atoms with Crippen LogP contribution in [0.1, 0.15) is 18.9 Å². The summed E-state index contributed by atoms with van der Waals surface area (Å²) in [7, 11) is -1.30. The van der Waals surface area contributed by atoms with Gasteiger partial charge in [0.1, 0.15) is 5.75 Å². The van der Waals surface area contributed by atoms with E-state index in [9.17, 15) is 13.2 Å². The van der Waals surface area contributed by atoms with Crippen molar-refractivity contribution in [2.24, 2.45) is 0 Å². The van der Waals surface area contributed by atoms with E-state index < -0.39 is 9.84 Å². The fourth-order valence-corrected chi connectivity index (χ4v) is 5.92. The van der Waals surface area contributed by atoms with E-state index in [2.05, 4.69) is 21.9 Å². The molecule has 0 saturated carbocycles. The number of likely N-dealkylation sites (N-methyl/N-ethyl adjacent to an activating group) is 1. The molecule has 3 rings (SSSR count). The standard InChI is InChI=1S/C21H33N3O4S/c1-3-24(19-9-15-29(26,27)17-19)21(25)16-23-13-11-22(12-14-23)10-8-18-4-6-20(28-2)7-5-18/h4-7,19H,3,8-17H2,1-2H3. The zero-order chi connectivity index (χ0) is 20.9. The number of rotatable bonds is 8. The summed E-state index contributed by atoms with van der Waals surface area (Å²) < 4.78 is 28.7. The molecule has 1 amide bonds. The maximum atomic E-state index is 12.8. The summed E-state index contributed by atoms with van der Waals surface area (Å²) in [5.41, 5.74) is 1.30. The van der Waals surface area contributed by atoms with Crippen molar-refractivity contribution < 1.29 is 17.9 Å². The van der Waals surface area contributed by atoms with Crippen molar-refractivity contribution in [1.29, 1.82) is 0 Å². The normalized spacial score (nSPS) is 22.5. The molecule has 0 N–H and O–H groups in total. The van der Waals surface area contributed by atoms with Crippen LogP contribution in [-0.2, 0) is 21.1 Å². The van der Waals surface area contributed by atoms with E-state index in [1.807, 2.05) is 19.1 Å². The van der Waals surface area contributed by atoms with Gasteiger partial charge in [0, 0.05) is 45.3 Å². The average Bonchev–Trinajstić information content (AvgIpc) is 3.07. The minimum atomic E-state index is -2.98.